The lowest BCUT2D eigenvalue weighted by Gasteiger charge is -2.24. The first kappa shape index (κ1) is 13.2. The highest BCUT2D eigenvalue weighted by molar-refractivity contribution is 9.10. The van der Waals surface area contributed by atoms with Crippen molar-refractivity contribution in [2.45, 2.75) is 56.3 Å². The molecule has 0 saturated heterocycles. The standard InChI is InChI=1S/C16H19BrO2/c17-14-10-12(16(8-9-16)15(18)19)6-7-13(14)11-4-2-1-3-5-11/h6-7,10-11H,1-5,8-9H2,(H,18,19). The minimum atomic E-state index is -0.676. The topological polar surface area (TPSA) is 37.3 Å². The second-order valence-electron chi connectivity index (χ2n) is 5.96. The summed E-state index contributed by atoms with van der Waals surface area (Å²) in [5, 5.41) is 9.35. The molecule has 102 valence electrons. The van der Waals surface area contributed by atoms with Crippen LogP contribution in [0.5, 0.6) is 0 Å². The maximum Gasteiger partial charge on any atom is 0.314 e. The van der Waals surface area contributed by atoms with E-state index in [1.165, 1.54) is 37.7 Å². The lowest BCUT2D eigenvalue weighted by atomic mass is 9.83. The van der Waals surface area contributed by atoms with Crippen molar-refractivity contribution in [1.82, 2.24) is 0 Å². The molecule has 1 aromatic rings. The fourth-order valence-corrected chi connectivity index (χ4v) is 4.02. The van der Waals surface area contributed by atoms with Gasteiger partial charge in [-0.15, -0.1) is 0 Å². The van der Waals surface area contributed by atoms with Crippen LogP contribution in [0.1, 0.15) is 62.0 Å². The molecule has 0 radical (unpaired) electrons. The van der Waals surface area contributed by atoms with Gasteiger partial charge in [-0.1, -0.05) is 47.3 Å². The molecule has 0 heterocycles. The monoisotopic (exact) mass is 322 g/mol. The van der Waals surface area contributed by atoms with Crippen LogP contribution in [-0.4, -0.2) is 11.1 Å². The number of halogens is 1. The molecular weight excluding hydrogens is 304 g/mol. The van der Waals surface area contributed by atoms with E-state index in [1.54, 1.807) is 0 Å². The smallest absolute Gasteiger partial charge is 0.314 e. The van der Waals surface area contributed by atoms with Gasteiger partial charge in [0.2, 0.25) is 0 Å². The average Bonchev–Trinajstić information content (AvgIpc) is 3.21. The summed E-state index contributed by atoms with van der Waals surface area (Å²) in [6.45, 7) is 0. The van der Waals surface area contributed by atoms with E-state index in [2.05, 4.69) is 22.0 Å². The van der Waals surface area contributed by atoms with Crippen molar-refractivity contribution in [3.05, 3.63) is 33.8 Å². The van der Waals surface area contributed by atoms with E-state index in [4.69, 9.17) is 0 Å². The molecule has 2 aliphatic carbocycles. The van der Waals surface area contributed by atoms with Gasteiger partial charge in [0.05, 0.1) is 5.41 Å². The molecule has 0 amide bonds. The van der Waals surface area contributed by atoms with Gasteiger partial charge < -0.3 is 5.11 Å². The summed E-state index contributed by atoms with van der Waals surface area (Å²) in [7, 11) is 0. The Morgan fingerprint density at radius 3 is 2.42 bits per heavy atom. The van der Waals surface area contributed by atoms with Crippen LogP contribution in [0, 0.1) is 0 Å². The Morgan fingerprint density at radius 1 is 1.21 bits per heavy atom. The minimum absolute atomic E-state index is 0.590. The van der Waals surface area contributed by atoms with Gasteiger partial charge in [-0.25, -0.2) is 0 Å². The molecule has 1 aromatic carbocycles. The van der Waals surface area contributed by atoms with Crippen LogP contribution < -0.4 is 0 Å². The third-order valence-corrected chi connectivity index (χ3v) is 5.44. The second-order valence-corrected chi connectivity index (χ2v) is 6.81. The van der Waals surface area contributed by atoms with Crippen molar-refractivity contribution in [3.8, 4) is 0 Å². The maximum absolute atomic E-state index is 11.4. The Labute approximate surface area is 122 Å². The highest BCUT2D eigenvalue weighted by atomic mass is 79.9. The maximum atomic E-state index is 11.4. The molecule has 2 fully saturated rings. The Kier molecular flexibility index (Phi) is 3.42. The predicted molar refractivity (Wildman–Crippen MR) is 78.5 cm³/mol. The first-order valence-corrected chi connectivity index (χ1v) is 7.96. The van der Waals surface area contributed by atoms with Gasteiger partial charge in [0.25, 0.3) is 0 Å². The number of rotatable bonds is 3. The lowest BCUT2D eigenvalue weighted by Crippen LogP contribution is -2.19. The van der Waals surface area contributed by atoms with Gasteiger partial charge >= 0.3 is 5.97 Å². The van der Waals surface area contributed by atoms with Crippen molar-refractivity contribution in [2.75, 3.05) is 0 Å². The zero-order chi connectivity index (χ0) is 13.5. The van der Waals surface area contributed by atoms with Crippen LogP contribution in [0.3, 0.4) is 0 Å². The van der Waals surface area contributed by atoms with E-state index in [9.17, 15) is 9.90 Å². The third kappa shape index (κ3) is 2.33. The summed E-state index contributed by atoms with van der Waals surface area (Å²) >= 11 is 3.66. The number of carbonyl (C=O) groups is 1. The normalized spacial score (nSPS) is 22.2. The highest BCUT2D eigenvalue weighted by Crippen LogP contribution is 2.49. The summed E-state index contributed by atoms with van der Waals surface area (Å²) in [5.41, 5.74) is 1.74. The Bertz CT molecular complexity index is 499. The summed E-state index contributed by atoms with van der Waals surface area (Å²) < 4.78 is 1.10. The third-order valence-electron chi connectivity index (χ3n) is 4.76. The van der Waals surface area contributed by atoms with Gasteiger partial charge in [0.1, 0.15) is 0 Å². The summed E-state index contributed by atoms with van der Waals surface area (Å²) in [6, 6.07) is 6.24. The first-order valence-electron chi connectivity index (χ1n) is 7.17. The van der Waals surface area contributed by atoms with Crippen LogP contribution in [0.15, 0.2) is 22.7 Å². The lowest BCUT2D eigenvalue weighted by molar-refractivity contribution is -0.140. The van der Waals surface area contributed by atoms with Crippen LogP contribution in [-0.2, 0) is 10.2 Å². The number of carboxylic acid groups (broad SMARTS) is 1. The molecule has 3 heteroatoms. The molecule has 0 atom stereocenters. The quantitative estimate of drug-likeness (QED) is 0.882. The molecule has 2 saturated carbocycles. The second kappa shape index (κ2) is 4.93. The van der Waals surface area contributed by atoms with Crippen LogP contribution >= 0.6 is 15.9 Å². The number of hydrogen-bond donors (Lipinski definition) is 1. The molecule has 0 aromatic heterocycles. The van der Waals surface area contributed by atoms with E-state index >= 15 is 0 Å². The van der Waals surface area contributed by atoms with Crippen LogP contribution in [0.2, 0.25) is 0 Å². The first-order chi connectivity index (χ1) is 9.13. The van der Waals surface area contributed by atoms with Crippen molar-refractivity contribution < 1.29 is 9.90 Å². The fraction of sp³-hybridized carbons (Fsp3) is 0.562. The van der Waals surface area contributed by atoms with Crippen molar-refractivity contribution in [2.24, 2.45) is 0 Å². The van der Waals surface area contributed by atoms with Crippen LogP contribution in [0.25, 0.3) is 0 Å². The number of hydrogen-bond acceptors (Lipinski definition) is 1. The summed E-state index contributed by atoms with van der Waals surface area (Å²) in [6.07, 6.45) is 8.07. The van der Waals surface area contributed by atoms with Gasteiger partial charge in [-0.05, 0) is 48.8 Å². The van der Waals surface area contributed by atoms with Gasteiger partial charge in [0.15, 0.2) is 0 Å². The van der Waals surface area contributed by atoms with E-state index in [0.29, 0.717) is 5.92 Å². The molecular formula is C16H19BrO2. The zero-order valence-corrected chi connectivity index (χ0v) is 12.6. The van der Waals surface area contributed by atoms with E-state index in [0.717, 1.165) is 22.9 Å². The average molecular weight is 323 g/mol. The predicted octanol–water partition coefficient (Wildman–Crippen LogP) is 4.61. The minimum Gasteiger partial charge on any atom is -0.481 e. The molecule has 1 N–H and O–H groups in total. The van der Waals surface area contributed by atoms with E-state index in [-0.39, 0.29) is 0 Å². The summed E-state index contributed by atoms with van der Waals surface area (Å²) in [5.74, 6) is -0.0260. The highest BCUT2D eigenvalue weighted by Gasteiger charge is 2.51. The van der Waals surface area contributed by atoms with E-state index < -0.39 is 11.4 Å². The SMILES string of the molecule is O=C(O)C1(c2ccc(C3CCCCC3)c(Br)c2)CC1. The molecule has 0 unspecified atom stereocenters. The van der Waals surface area contributed by atoms with Gasteiger partial charge in [0, 0.05) is 4.47 Å². The molecule has 0 aliphatic heterocycles. The molecule has 3 rings (SSSR count). The number of carboxylic acids is 1. The zero-order valence-electron chi connectivity index (χ0n) is 11.0. The van der Waals surface area contributed by atoms with Gasteiger partial charge in [-0.2, -0.15) is 0 Å². The van der Waals surface area contributed by atoms with Crippen molar-refractivity contribution in [1.29, 1.82) is 0 Å². The molecule has 0 bridgehead atoms. The van der Waals surface area contributed by atoms with Crippen molar-refractivity contribution in [3.63, 3.8) is 0 Å². The number of benzene rings is 1. The van der Waals surface area contributed by atoms with Gasteiger partial charge in [-0.3, -0.25) is 4.79 Å². The largest absolute Gasteiger partial charge is 0.481 e. The molecule has 0 spiro atoms. The Balaban J connectivity index is 1.88. The fourth-order valence-electron chi connectivity index (χ4n) is 3.32. The molecule has 2 aliphatic rings. The number of aliphatic carboxylic acids is 1. The van der Waals surface area contributed by atoms with Crippen molar-refractivity contribution >= 4 is 21.9 Å². The van der Waals surface area contributed by atoms with Crippen LogP contribution in [0.4, 0.5) is 0 Å². The molecule has 19 heavy (non-hydrogen) atoms. The summed E-state index contributed by atoms with van der Waals surface area (Å²) in [4.78, 5) is 11.4. The van der Waals surface area contributed by atoms with E-state index in [1.807, 2.05) is 12.1 Å². The Hall–Kier alpha value is -0.830. The Morgan fingerprint density at radius 2 is 1.89 bits per heavy atom. The molecule has 2 nitrogen and oxygen atoms in total.